The normalized spacial score (nSPS) is 14.3. The number of unbranched alkanes of at least 4 members (excludes halogenated alkanes) is 3. The zero-order valence-corrected chi connectivity index (χ0v) is 34.0. The molecule has 0 saturated carbocycles. The summed E-state index contributed by atoms with van der Waals surface area (Å²) >= 11 is 0. The van der Waals surface area contributed by atoms with Crippen molar-refractivity contribution >= 4 is 35.8 Å². The Morgan fingerprint density at radius 1 is 0.407 bits per heavy atom. The molecule has 0 aromatic rings. The van der Waals surface area contributed by atoms with E-state index in [1.807, 2.05) is 20.8 Å². The third-order valence-electron chi connectivity index (χ3n) is 9.39. The third-order valence-corrected chi connectivity index (χ3v) is 9.39. The molecule has 3 unspecified atom stereocenters. The third kappa shape index (κ3) is 25.1. The van der Waals surface area contributed by atoms with E-state index in [1.54, 1.807) is 6.92 Å². The predicted molar refractivity (Wildman–Crippen MR) is 206 cm³/mol. The van der Waals surface area contributed by atoms with Gasteiger partial charge in [0.25, 0.3) is 0 Å². The summed E-state index contributed by atoms with van der Waals surface area (Å²) in [6.45, 7) is 13.8. The molecule has 3 atom stereocenters. The maximum atomic E-state index is 12.6. The quantitative estimate of drug-likeness (QED) is 0.0382. The molecule has 0 aliphatic rings. The summed E-state index contributed by atoms with van der Waals surface area (Å²) < 4.78 is 32.0. The first kappa shape index (κ1) is 50.0. The van der Waals surface area contributed by atoms with E-state index in [0.717, 1.165) is 114 Å². The number of hydrogen-bond donors (Lipinski definition) is 0. The first-order valence-electron chi connectivity index (χ1n) is 20.0. The molecule has 0 aliphatic heterocycles. The molecule has 308 valence electrons. The topological polar surface area (TPSA) is 158 Å². The van der Waals surface area contributed by atoms with Crippen LogP contribution < -0.4 is 0 Å². The molecule has 0 aliphatic carbocycles. The Labute approximate surface area is 323 Å². The minimum atomic E-state index is -1.22. The van der Waals surface area contributed by atoms with Crippen molar-refractivity contribution in [3.05, 3.63) is 36.5 Å². The van der Waals surface area contributed by atoms with Gasteiger partial charge in [0.05, 0.1) is 25.2 Å². The van der Waals surface area contributed by atoms with Crippen LogP contribution >= 0.6 is 0 Å². The van der Waals surface area contributed by atoms with E-state index in [4.69, 9.17) is 28.4 Å². The Morgan fingerprint density at radius 2 is 0.648 bits per heavy atom. The largest absolute Gasteiger partial charge is 0.462 e. The second kappa shape index (κ2) is 31.4. The minimum Gasteiger partial charge on any atom is -0.462 e. The Bertz CT molecular complexity index is 1050. The van der Waals surface area contributed by atoms with Crippen LogP contribution in [-0.2, 0) is 57.2 Å². The van der Waals surface area contributed by atoms with Gasteiger partial charge in [0.1, 0.15) is 19.8 Å². The van der Waals surface area contributed by atoms with Crippen LogP contribution in [0.4, 0.5) is 0 Å². The first-order chi connectivity index (χ1) is 25.9. The molecule has 0 radical (unpaired) electrons. The predicted octanol–water partition coefficient (Wildman–Crippen LogP) is 7.96. The molecule has 0 N–H and O–H groups in total. The molecular weight excluding hydrogens is 696 g/mol. The lowest BCUT2D eigenvalue weighted by Gasteiger charge is -2.30. The van der Waals surface area contributed by atoms with Crippen LogP contribution in [0.3, 0.4) is 0 Å². The van der Waals surface area contributed by atoms with Crippen LogP contribution in [0.1, 0.15) is 132 Å². The summed E-state index contributed by atoms with van der Waals surface area (Å²) in [5.41, 5.74) is -1.22. The van der Waals surface area contributed by atoms with Crippen molar-refractivity contribution in [1.82, 2.24) is 0 Å². The van der Waals surface area contributed by atoms with E-state index in [1.165, 1.54) is 0 Å². The van der Waals surface area contributed by atoms with Gasteiger partial charge in [-0.15, -0.1) is 0 Å². The zero-order chi connectivity index (χ0) is 40.6. The second-order valence-electron chi connectivity index (χ2n) is 13.8. The van der Waals surface area contributed by atoms with Crippen LogP contribution in [0.5, 0.6) is 0 Å². The van der Waals surface area contributed by atoms with Gasteiger partial charge in [0, 0.05) is 36.5 Å². The molecule has 0 saturated heterocycles. The molecule has 0 rings (SSSR count). The molecule has 12 heteroatoms. The van der Waals surface area contributed by atoms with E-state index < -0.39 is 41.2 Å². The second-order valence-corrected chi connectivity index (χ2v) is 13.8. The van der Waals surface area contributed by atoms with Crippen molar-refractivity contribution in [2.45, 2.75) is 132 Å². The monoisotopic (exact) mass is 764 g/mol. The molecule has 54 heavy (non-hydrogen) atoms. The average molecular weight is 765 g/mol. The highest BCUT2D eigenvalue weighted by atomic mass is 16.6. The summed E-state index contributed by atoms with van der Waals surface area (Å²) in [4.78, 5) is 74.5. The van der Waals surface area contributed by atoms with Gasteiger partial charge in [-0.1, -0.05) is 106 Å². The van der Waals surface area contributed by atoms with Crippen molar-refractivity contribution in [2.75, 3.05) is 39.6 Å². The average Bonchev–Trinajstić information content (AvgIpc) is 3.18. The van der Waals surface area contributed by atoms with Crippen molar-refractivity contribution < 1.29 is 57.2 Å². The maximum Gasteiger partial charge on any atom is 0.331 e. The number of carbonyl (C=O) groups excluding carboxylic acids is 6. The SMILES string of the molecule is CCCCC(CC)COC(=O)/C=C\C(=O)OCC(CC)(COC(=O)/C=C\C(=O)OCC(CC)CCCC)COC(=O)/C=C\C(=O)OCC(CC)CCCC. The molecule has 0 bridgehead atoms. The Kier molecular flexibility index (Phi) is 29.1. The highest BCUT2D eigenvalue weighted by Gasteiger charge is 2.34. The summed E-state index contributed by atoms with van der Waals surface area (Å²) in [7, 11) is 0. The van der Waals surface area contributed by atoms with Crippen molar-refractivity contribution in [2.24, 2.45) is 23.2 Å². The lowest BCUT2D eigenvalue weighted by atomic mass is 9.88. The van der Waals surface area contributed by atoms with E-state index in [-0.39, 0.29) is 63.8 Å². The summed E-state index contributed by atoms with van der Waals surface area (Å²) in [5.74, 6) is -3.92. The van der Waals surface area contributed by atoms with Crippen LogP contribution in [0.25, 0.3) is 0 Å². The van der Waals surface area contributed by atoms with E-state index in [2.05, 4.69) is 20.8 Å². The molecule has 0 fully saturated rings. The van der Waals surface area contributed by atoms with Gasteiger partial charge in [0.2, 0.25) is 0 Å². The van der Waals surface area contributed by atoms with Gasteiger partial charge in [-0.05, 0) is 43.4 Å². The molecule has 0 aromatic carbocycles. The lowest BCUT2D eigenvalue weighted by molar-refractivity contribution is -0.157. The van der Waals surface area contributed by atoms with E-state index >= 15 is 0 Å². The smallest absolute Gasteiger partial charge is 0.331 e. The molecule has 0 aromatic heterocycles. The van der Waals surface area contributed by atoms with E-state index in [9.17, 15) is 28.8 Å². The van der Waals surface area contributed by atoms with Gasteiger partial charge >= 0.3 is 35.8 Å². The first-order valence-corrected chi connectivity index (χ1v) is 20.0. The fraction of sp³-hybridized carbons (Fsp3) is 0.714. The van der Waals surface area contributed by atoms with Crippen molar-refractivity contribution in [1.29, 1.82) is 0 Å². The fourth-order valence-electron chi connectivity index (χ4n) is 5.10. The lowest BCUT2D eigenvalue weighted by Crippen LogP contribution is -2.38. The van der Waals surface area contributed by atoms with Gasteiger partial charge in [-0.3, -0.25) is 0 Å². The van der Waals surface area contributed by atoms with Gasteiger partial charge < -0.3 is 28.4 Å². The number of rotatable bonds is 31. The molecule has 0 spiro atoms. The van der Waals surface area contributed by atoms with Gasteiger partial charge in [-0.25, -0.2) is 28.8 Å². The summed E-state index contributed by atoms with van der Waals surface area (Å²) in [6.07, 6.45) is 17.6. The van der Waals surface area contributed by atoms with Crippen LogP contribution in [0.15, 0.2) is 36.5 Å². The number of esters is 6. The molecular formula is C42H68O12. The molecule has 0 amide bonds. The minimum absolute atomic E-state index is 0.215. The number of carbonyl (C=O) groups is 6. The Balaban J connectivity index is 5.53. The highest BCUT2D eigenvalue weighted by Crippen LogP contribution is 2.25. The standard InChI is InChI=1S/C42H68O12/c1-8-15-18-33(11-4)27-49-36(43)21-24-39(46)52-30-42(14-7,31-53-40(47)25-22-37(44)50-28-34(12-5)19-16-9-2)32-54-41(48)26-23-38(45)51-29-35(13-6)20-17-10-3/h21-26,33-35H,8-20,27-32H2,1-7H3/b24-21-,25-22-,26-23-. The molecule has 0 heterocycles. The Hall–Kier alpha value is -3.96. The van der Waals surface area contributed by atoms with Crippen molar-refractivity contribution in [3.63, 3.8) is 0 Å². The number of hydrogen-bond acceptors (Lipinski definition) is 12. The highest BCUT2D eigenvalue weighted by molar-refractivity contribution is 5.93. The summed E-state index contributed by atoms with van der Waals surface area (Å²) in [6, 6.07) is 0. The van der Waals surface area contributed by atoms with Gasteiger partial charge in [0.15, 0.2) is 0 Å². The van der Waals surface area contributed by atoms with Crippen molar-refractivity contribution in [3.8, 4) is 0 Å². The Morgan fingerprint density at radius 3 is 0.852 bits per heavy atom. The summed E-state index contributed by atoms with van der Waals surface area (Å²) in [5, 5.41) is 0. The van der Waals surface area contributed by atoms with Crippen LogP contribution in [0.2, 0.25) is 0 Å². The van der Waals surface area contributed by atoms with Gasteiger partial charge in [-0.2, -0.15) is 0 Å². The fourth-order valence-corrected chi connectivity index (χ4v) is 5.10. The number of ether oxygens (including phenoxy) is 6. The maximum absolute atomic E-state index is 12.6. The van der Waals surface area contributed by atoms with E-state index in [0.29, 0.717) is 0 Å². The van der Waals surface area contributed by atoms with Crippen LogP contribution in [0, 0.1) is 23.2 Å². The van der Waals surface area contributed by atoms with Crippen LogP contribution in [-0.4, -0.2) is 75.5 Å². The molecule has 12 nitrogen and oxygen atoms in total. The zero-order valence-electron chi connectivity index (χ0n) is 34.0.